The zero-order valence-electron chi connectivity index (χ0n) is 17.9. The zero-order chi connectivity index (χ0) is 21.8. The fourth-order valence-electron chi connectivity index (χ4n) is 4.17. The molecule has 0 unspecified atom stereocenters. The van der Waals surface area contributed by atoms with Crippen molar-refractivity contribution in [1.29, 1.82) is 0 Å². The number of aromatic nitrogens is 1. The molecule has 7 heteroatoms. The number of thiophene rings is 1. The molecule has 32 heavy (non-hydrogen) atoms. The number of benzene rings is 1. The highest BCUT2D eigenvalue weighted by atomic mass is 32.1. The molecule has 4 heterocycles. The lowest BCUT2D eigenvalue weighted by Gasteiger charge is -2.23. The maximum atomic E-state index is 13.0. The summed E-state index contributed by atoms with van der Waals surface area (Å²) in [7, 11) is 0. The van der Waals surface area contributed by atoms with Gasteiger partial charge in [0.1, 0.15) is 12.7 Å². The van der Waals surface area contributed by atoms with Crippen LogP contribution in [0.5, 0.6) is 11.5 Å². The largest absolute Gasteiger partial charge is 0.489 e. The fraction of sp³-hybridized carbons (Fsp3) is 0.360. The third-order valence-corrected chi connectivity index (χ3v) is 6.73. The van der Waals surface area contributed by atoms with Gasteiger partial charge in [-0.2, -0.15) is 0 Å². The van der Waals surface area contributed by atoms with E-state index in [0.29, 0.717) is 38.7 Å². The molecule has 1 amide bonds. The van der Waals surface area contributed by atoms with Crippen LogP contribution in [-0.4, -0.2) is 48.3 Å². The van der Waals surface area contributed by atoms with Crippen LogP contribution in [-0.2, 0) is 22.5 Å². The van der Waals surface area contributed by atoms with Crippen LogP contribution in [0, 0.1) is 0 Å². The lowest BCUT2D eigenvalue weighted by molar-refractivity contribution is -0.141. The number of carbonyl (C=O) groups is 1. The molecule has 1 saturated heterocycles. The minimum Gasteiger partial charge on any atom is -0.489 e. The molecule has 1 atom stereocenters. The Labute approximate surface area is 191 Å². The smallest absolute Gasteiger partial charge is 0.252 e. The molecule has 3 aromatic rings. The van der Waals surface area contributed by atoms with Crippen molar-refractivity contribution in [2.45, 2.75) is 31.9 Å². The molecule has 0 radical (unpaired) electrons. The summed E-state index contributed by atoms with van der Waals surface area (Å²) in [6, 6.07) is 12.2. The van der Waals surface area contributed by atoms with E-state index in [-0.39, 0.29) is 12.0 Å². The zero-order valence-corrected chi connectivity index (χ0v) is 18.7. The van der Waals surface area contributed by atoms with Gasteiger partial charge in [-0.25, -0.2) is 0 Å². The molecule has 5 rings (SSSR count). The molecule has 1 fully saturated rings. The van der Waals surface area contributed by atoms with Gasteiger partial charge in [0, 0.05) is 48.0 Å². The number of hydrogen-bond acceptors (Lipinski definition) is 6. The highest BCUT2D eigenvalue weighted by Gasteiger charge is 2.31. The monoisotopic (exact) mass is 450 g/mol. The average Bonchev–Trinajstić information content (AvgIpc) is 3.50. The molecular weight excluding hydrogens is 424 g/mol. The van der Waals surface area contributed by atoms with Gasteiger partial charge in [0.05, 0.1) is 13.2 Å². The highest BCUT2D eigenvalue weighted by molar-refractivity contribution is 7.09. The van der Waals surface area contributed by atoms with Crippen molar-refractivity contribution in [1.82, 2.24) is 9.88 Å². The molecule has 0 N–H and O–H groups in total. The summed E-state index contributed by atoms with van der Waals surface area (Å²) >= 11 is 1.73. The molecular formula is C25H26N2O4S. The summed E-state index contributed by atoms with van der Waals surface area (Å²) < 4.78 is 18.0. The van der Waals surface area contributed by atoms with Crippen LogP contribution in [0.15, 0.2) is 54.2 Å². The molecule has 0 spiro atoms. The van der Waals surface area contributed by atoms with Crippen LogP contribution in [0.2, 0.25) is 0 Å². The van der Waals surface area contributed by atoms with Crippen molar-refractivity contribution in [3.63, 3.8) is 0 Å². The van der Waals surface area contributed by atoms with Gasteiger partial charge in [-0.1, -0.05) is 12.1 Å². The van der Waals surface area contributed by atoms with E-state index >= 15 is 0 Å². The van der Waals surface area contributed by atoms with Crippen molar-refractivity contribution < 1.29 is 19.0 Å². The van der Waals surface area contributed by atoms with E-state index in [1.54, 1.807) is 17.5 Å². The topological polar surface area (TPSA) is 60.9 Å². The highest BCUT2D eigenvalue weighted by Crippen LogP contribution is 2.39. The van der Waals surface area contributed by atoms with Crippen LogP contribution in [0.4, 0.5) is 0 Å². The van der Waals surface area contributed by atoms with Gasteiger partial charge in [-0.05, 0) is 48.1 Å². The van der Waals surface area contributed by atoms with E-state index in [0.717, 1.165) is 41.7 Å². The summed E-state index contributed by atoms with van der Waals surface area (Å²) in [5.74, 6) is 1.49. The van der Waals surface area contributed by atoms with Crippen LogP contribution in [0.1, 0.15) is 23.3 Å². The normalized spacial score (nSPS) is 18.0. The van der Waals surface area contributed by atoms with E-state index in [1.165, 1.54) is 4.88 Å². The first kappa shape index (κ1) is 21.0. The lowest BCUT2D eigenvalue weighted by Crippen LogP contribution is -2.39. The van der Waals surface area contributed by atoms with Crippen LogP contribution in [0.3, 0.4) is 0 Å². The Morgan fingerprint density at radius 3 is 2.97 bits per heavy atom. The Morgan fingerprint density at radius 2 is 2.19 bits per heavy atom. The summed E-state index contributed by atoms with van der Waals surface area (Å²) in [6.07, 6.45) is 5.83. The van der Waals surface area contributed by atoms with E-state index in [1.807, 2.05) is 29.3 Å². The van der Waals surface area contributed by atoms with Gasteiger partial charge in [0.2, 0.25) is 0 Å². The summed E-state index contributed by atoms with van der Waals surface area (Å²) in [4.78, 5) is 20.4. The second kappa shape index (κ2) is 9.71. The quantitative estimate of drug-likeness (QED) is 0.559. The predicted octanol–water partition coefficient (Wildman–Crippen LogP) is 4.33. The minimum atomic E-state index is -0.334. The maximum Gasteiger partial charge on any atom is 0.252 e. The number of ether oxygens (including phenoxy) is 3. The molecule has 2 aliphatic rings. The number of fused-ring (bicyclic) bond motifs is 1. The number of rotatable bonds is 6. The Bertz CT molecular complexity index is 1050. The molecule has 0 aliphatic carbocycles. The maximum absolute atomic E-state index is 13.0. The van der Waals surface area contributed by atoms with E-state index in [4.69, 9.17) is 14.2 Å². The van der Waals surface area contributed by atoms with E-state index in [9.17, 15) is 4.79 Å². The second-order valence-corrected chi connectivity index (χ2v) is 9.02. The van der Waals surface area contributed by atoms with Crippen molar-refractivity contribution in [2.24, 2.45) is 0 Å². The third kappa shape index (κ3) is 4.64. The number of pyridine rings is 1. The lowest BCUT2D eigenvalue weighted by atomic mass is 10.0. The Kier molecular flexibility index (Phi) is 6.36. The van der Waals surface area contributed by atoms with Gasteiger partial charge in [-0.15, -0.1) is 11.3 Å². The number of amides is 1. The summed E-state index contributed by atoms with van der Waals surface area (Å²) in [6.45, 7) is 2.66. The molecule has 6 nitrogen and oxygen atoms in total. The van der Waals surface area contributed by atoms with Crippen LogP contribution >= 0.6 is 11.3 Å². The first-order valence-corrected chi connectivity index (χ1v) is 11.9. The van der Waals surface area contributed by atoms with Crippen LogP contribution in [0.25, 0.3) is 11.1 Å². The van der Waals surface area contributed by atoms with Gasteiger partial charge in [0.15, 0.2) is 11.5 Å². The standard InChI is InChI=1S/C25H26N2O4S/c28-25(22-6-2-10-29-22)27-9-12-31-24-20(17-27)14-19(18-4-1-8-26-16-18)15-23(24)30-11-7-21-5-3-13-32-21/h1,3-5,8,13-16,22H,2,6-7,9-12,17H2/t22-/m0/s1. The van der Waals surface area contributed by atoms with E-state index < -0.39 is 0 Å². The van der Waals surface area contributed by atoms with Crippen molar-refractivity contribution in [3.05, 3.63) is 64.6 Å². The molecule has 166 valence electrons. The van der Waals surface area contributed by atoms with Gasteiger partial charge >= 0.3 is 0 Å². The summed E-state index contributed by atoms with van der Waals surface area (Å²) in [5.41, 5.74) is 2.94. The van der Waals surface area contributed by atoms with Crippen molar-refractivity contribution >= 4 is 17.2 Å². The molecule has 2 aromatic heterocycles. The molecule has 1 aromatic carbocycles. The fourth-order valence-corrected chi connectivity index (χ4v) is 4.86. The van der Waals surface area contributed by atoms with Crippen molar-refractivity contribution in [2.75, 3.05) is 26.4 Å². The average molecular weight is 451 g/mol. The Balaban J connectivity index is 1.43. The number of hydrogen-bond donors (Lipinski definition) is 0. The molecule has 0 bridgehead atoms. The van der Waals surface area contributed by atoms with Gasteiger partial charge in [-0.3, -0.25) is 9.78 Å². The van der Waals surface area contributed by atoms with Gasteiger partial charge in [0.25, 0.3) is 5.91 Å². The second-order valence-electron chi connectivity index (χ2n) is 7.99. The van der Waals surface area contributed by atoms with Crippen LogP contribution < -0.4 is 9.47 Å². The van der Waals surface area contributed by atoms with Gasteiger partial charge < -0.3 is 19.1 Å². The molecule has 0 saturated carbocycles. The Hall–Kier alpha value is -2.90. The predicted molar refractivity (Wildman–Crippen MR) is 123 cm³/mol. The SMILES string of the molecule is O=C([C@@H]1CCCO1)N1CCOc2c(cc(-c3cccnc3)cc2OCCc2cccs2)C1. The molecule has 2 aliphatic heterocycles. The first-order valence-electron chi connectivity index (χ1n) is 11.0. The summed E-state index contributed by atoms with van der Waals surface area (Å²) in [5, 5.41) is 2.08. The Morgan fingerprint density at radius 1 is 1.22 bits per heavy atom. The van der Waals surface area contributed by atoms with E-state index in [2.05, 4.69) is 28.6 Å². The minimum absolute atomic E-state index is 0.0471. The first-order chi connectivity index (χ1) is 15.8. The number of carbonyl (C=O) groups excluding carboxylic acids is 1. The number of nitrogens with zero attached hydrogens (tertiary/aromatic N) is 2. The van der Waals surface area contributed by atoms with Crippen molar-refractivity contribution in [3.8, 4) is 22.6 Å². The third-order valence-electron chi connectivity index (χ3n) is 5.80.